The van der Waals surface area contributed by atoms with Gasteiger partial charge in [0.05, 0.1) is 6.20 Å². The number of hydrogen-bond acceptors (Lipinski definition) is 6. The minimum absolute atomic E-state index is 0.213. The highest BCUT2D eigenvalue weighted by Crippen LogP contribution is 2.21. The molecule has 0 amide bonds. The average Bonchev–Trinajstić information content (AvgIpc) is 2.58. The molecule has 0 aromatic carbocycles. The van der Waals surface area contributed by atoms with Crippen LogP contribution < -0.4 is 4.90 Å². The first kappa shape index (κ1) is 15.3. The van der Waals surface area contributed by atoms with Crippen LogP contribution in [0.4, 0.5) is 10.2 Å². The van der Waals surface area contributed by atoms with Crippen LogP contribution in [0, 0.1) is 17.1 Å². The molecule has 0 saturated carbocycles. The van der Waals surface area contributed by atoms with Gasteiger partial charge in [0.2, 0.25) is 0 Å². The Hall–Kier alpha value is -2.59. The van der Waals surface area contributed by atoms with Gasteiger partial charge in [0.1, 0.15) is 11.9 Å². The van der Waals surface area contributed by atoms with Crippen LogP contribution in [0.15, 0.2) is 30.9 Å². The maximum atomic E-state index is 13.8. The second-order valence-electron chi connectivity index (χ2n) is 5.57. The largest absolute Gasteiger partial charge is 0.351 e. The van der Waals surface area contributed by atoms with Crippen molar-refractivity contribution in [3.05, 3.63) is 47.9 Å². The summed E-state index contributed by atoms with van der Waals surface area (Å²) in [4.78, 5) is 16.4. The third-order valence-electron chi connectivity index (χ3n) is 4.08. The average molecular weight is 312 g/mol. The molecule has 118 valence electrons. The Kier molecular flexibility index (Phi) is 4.44. The van der Waals surface area contributed by atoms with E-state index in [-0.39, 0.29) is 11.9 Å². The predicted octanol–water partition coefficient (Wildman–Crippen LogP) is 1.59. The minimum Gasteiger partial charge on any atom is -0.351 e. The highest BCUT2D eigenvalue weighted by atomic mass is 19.1. The molecule has 3 heterocycles. The Labute approximate surface area is 134 Å². The van der Waals surface area contributed by atoms with Crippen LogP contribution in [-0.4, -0.2) is 45.5 Å². The van der Waals surface area contributed by atoms with Gasteiger partial charge in [0, 0.05) is 56.4 Å². The quantitative estimate of drug-likeness (QED) is 0.857. The van der Waals surface area contributed by atoms with Crippen molar-refractivity contribution in [3.8, 4) is 6.07 Å². The zero-order valence-electron chi connectivity index (χ0n) is 12.9. The molecule has 1 aliphatic rings. The SMILES string of the molecule is CC1CN(c2nccnc2C#N)CCN1Cc1ccncc1F. The molecule has 6 nitrogen and oxygen atoms in total. The first-order valence-electron chi connectivity index (χ1n) is 7.47. The molecule has 2 aromatic heterocycles. The van der Waals surface area contributed by atoms with Gasteiger partial charge in [-0.2, -0.15) is 5.26 Å². The van der Waals surface area contributed by atoms with E-state index in [1.807, 2.05) is 0 Å². The summed E-state index contributed by atoms with van der Waals surface area (Å²) in [5.41, 5.74) is 0.992. The van der Waals surface area contributed by atoms with E-state index in [1.165, 1.54) is 12.4 Å². The number of aromatic nitrogens is 3. The smallest absolute Gasteiger partial charge is 0.183 e. The van der Waals surface area contributed by atoms with Gasteiger partial charge in [-0.3, -0.25) is 9.88 Å². The summed E-state index contributed by atoms with van der Waals surface area (Å²) in [5, 5.41) is 9.16. The third kappa shape index (κ3) is 3.27. The zero-order valence-corrected chi connectivity index (χ0v) is 12.9. The lowest BCUT2D eigenvalue weighted by atomic mass is 10.1. The van der Waals surface area contributed by atoms with Gasteiger partial charge in [-0.25, -0.2) is 14.4 Å². The molecule has 1 aliphatic heterocycles. The van der Waals surface area contributed by atoms with Crippen LogP contribution in [0.5, 0.6) is 0 Å². The summed E-state index contributed by atoms with van der Waals surface area (Å²) < 4.78 is 13.8. The highest BCUT2D eigenvalue weighted by molar-refractivity contribution is 5.49. The highest BCUT2D eigenvalue weighted by Gasteiger charge is 2.26. The maximum Gasteiger partial charge on any atom is 0.183 e. The first-order chi connectivity index (χ1) is 11.2. The van der Waals surface area contributed by atoms with Gasteiger partial charge < -0.3 is 4.90 Å². The second-order valence-corrected chi connectivity index (χ2v) is 5.57. The van der Waals surface area contributed by atoms with Crippen molar-refractivity contribution in [1.29, 1.82) is 5.26 Å². The zero-order chi connectivity index (χ0) is 16.2. The molecule has 1 saturated heterocycles. The van der Waals surface area contributed by atoms with Crippen molar-refractivity contribution in [3.63, 3.8) is 0 Å². The molecule has 0 bridgehead atoms. The summed E-state index contributed by atoms with van der Waals surface area (Å²) >= 11 is 0. The van der Waals surface area contributed by atoms with Crippen LogP contribution >= 0.6 is 0 Å². The van der Waals surface area contributed by atoms with Crippen LogP contribution in [0.25, 0.3) is 0 Å². The number of pyridine rings is 1. The summed E-state index contributed by atoms with van der Waals surface area (Å²) in [5.74, 6) is 0.347. The van der Waals surface area contributed by atoms with Crippen molar-refractivity contribution in [2.75, 3.05) is 24.5 Å². The number of rotatable bonds is 3. The lowest BCUT2D eigenvalue weighted by Gasteiger charge is -2.40. The minimum atomic E-state index is -0.275. The lowest BCUT2D eigenvalue weighted by Crippen LogP contribution is -2.52. The molecule has 0 spiro atoms. The maximum absolute atomic E-state index is 13.8. The monoisotopic (exact) mass is 312 g/mol. The summed E-state index contributed by atoms with van der Waals surface area (Å²) in [6, 6.07) is 4.01. The Morgan fingerprint density at radius 2 is 2.13 bits per heavy atom. The van der Waals surface area contributed by atoms with Crippen molar-refractivity contribution >= 4 is 5.82 Å². The van der Waals surface area contributed by atoms with E-state index in [0.717, 1.165) is 19.6 Å². The van der Waals surface area contributed by atoms with Gasteiger partial charge in [0.15, 0.2) is 11.5 Å². The van der Waals surface area contributed by atoms with E-state index in [1.54, 1.807) is 18.5 Å². The standard InChI is InChI=1S/C16H17FN6/c1-12-10-23(16-15(8-18)20-4-5-21-16)7-6-22(12)11-13-2-3-19-9-14(13)17/h2-5,9,12H,6-7,10-11H2,1H3. The fraction of sp³-hybridized carbons (Fsp3) is 0.375. The Morgan fingerprint density at radius 3 is 2.87 bits per heavy atom. The van der Waals surface area contributed by atoms with E-state index in [2.05, 4.69) is 37.7 Å². The molecule has 1 atom stereocenters. The van der Waals surface area contributed by atoms with Gasteiger partial charge in [0.25, 0.3) is 0 Å². The van der Waals surface area contributed by atoms with Gasteiger partial charge >= 0.3 is 0 Å². The van der Waals surface area contributed by atoms with E-state index in [9.17, 15) is 4.39 Å². The fourth-order valence-corrected chi connectivity index (χ4v) is 2.81. The molecule has 0 aliphatic carbocycles. The molecule has 2 aromatic rings. The summed E-state index contributed by atoms with van der Waals surface area (Å²) in [7, 11) is 0. The normalized spacial score (nSPS) is 18.7. The van der Waals surface area contributed by atoms with Crippen molar-refractivity contribution in [2.24, 2.45) is 0 Å². The van der Waals surface area contributed by atoms with E-state index in [0.29, 0.717) is 23.6 Å². The van der Waals surface area contributed by atoms with Gasteiger partial charge in [-0.05, 0) is 13.0 Å². The van der Waals surface area contributed by atoms with Crippen molar-refractivity contribution in [1.82, 2.24) is 19.9 Å². The number of hydrogen-bond donors (Lipinski definition) is 0. The van der Waals surface area contributed by atoms with Crippen LogP contribution in [0.3, 0.4) is 0 Å². The number of nitrogens with zero attached hydrogens (tertiary/aromatic N) is 6. The van der Waals surface area contributed by atoms with Crippen LogP contribution in [0.2, 0.25) is 0 Å². The molecule has 7 heteroatoms. The molecule has 1 fully saturated rings. The second kappa shape index (κ2) is 6.67. The Bertz CT molecular complexity index is 729. The molecule has 3 rings (SSSR count). The summed E-state index contributed by atoms with van der Waals surface area (Å²) in [6.07, 6.45) is 5.97. The topological polar surface area (TPSA) is 68.9 Å². The Morgan fingerprint density at radius 1 is 1.30 bits per heavy atom. The third-order valence-corrected chi connectivity index (χ3v) is 4.08. The Balaban J connectivity index is 1.70. The fourth-order valence-electron chi connectivity index (χ4n) is 2.81. The molecular weight excluding hydrogens is 295 g/mol. The van der Waals surface area contributed by atoms with Crippen LogP contribution in [-0.2, 0) is 6.54 Å². The van der Waals surface area contributed by atoms with E-state index < -0.39 is 0 Å². The predicted molar refractivity (Wildman–Crippen MR) is 83.0 cm³/mol. The van der Waals surface area contributed by atoms with Gasteiger partial charge in [-0.15, -0.1) is 0 Å². The molecular formula is C16H17FN6. The molecule has 0 radical (unpaired) electrons. The number of halogens is 1. The first-order valence-corrected chi connectivity index (χ1v) is 7.47. The van der Waals surface area contributed by atoms with Crippen molar-refractivity contribution < 1.29 is 4.39 Å². The molecule has 0 N–H and O–H groups in total. The van der Waals surface area contributed by atoms with E-state index in [4.69, 9.17) is 5.26 Å². The number of anilines is 1. The van der Waals surface area contributed by atoms with E-state index >= 15 is 0 Å². The van der Waals surface area contributed by atoms with Gasteiger partial charge in [-0.1, -0.05) is 0 Å². The number of nitriles is 1. The lowest BCUT2D eigenvalue weighted by molar-refractivity contribution is 0.178. The molecule has 1 unspecified atom stereocenters. The van der Waals surface area contributed by atoms with Crippen molar-refractivity contribution in [2.45, 2.75) is 19.5 Å². The molecule has 23 heavy (non-hydrogen) atoms. The number of piperazine rings is 1. The summed E-state index contributed by atoms with van der Waals surface area (Å²) in [6.45, 7) is 4.86. The van der Waals surface area contributed by atoms with Crippen LogP contribution in [0.1, 0.15) is 18.2 Å².